The van der Waals surface area contributed by atoms with Crippen molar-refractivity contribution in [2.24, 2.45) is 11.3 Å². The van der Waals surface area contributed by atoms with Crippen LogP contribution in [-0.4, -0.2) is 15.1 Å². The SMILES string of the molecule is CC(C)[C@H]1O[C@@H](c2ccc(C(F)(F)F)cn2)c2c1nc1c(c2C2CC2)[C@@H](O)CC2(CCCC2)C1. The molecule has 2 fully saturated rings. The molecule has 2 aromatic rings. The predicted octanol–water partition coefficient (Wildman–Crippen LogP) is 6.73. The van der Waals surface area contributed by atoms with Gasteiger partial charge in [0, 0.05) is 23.0 Å². The van der Waals surface area contributed by atoms with Crippen LogP contribution >= 0.6 is 0 Å². The van der Waals surface area contributed by atoms with Gasteiger partial charge in [-0.25, -0.2) is 0 Å². The fourth-order valence-electron chi connectivity index (χ4n) is 6.66. The van der Waals surface area contributed by atoms with E-state index in [9.17, 15) is 18.3 Å². The maximum Gasteiger partial charge on any atom is 0.417 e. The Morgan fingerprint density at radius 2 is 1.82 bits per heavy atom. The number of hydrogen-bond donors (Lipinski definition) is 1. The Hall–Kier alpha value is -1.99. The van der Waals surface area contributed by atoms with Gasteiger partial charge >= 0.3 is 6.18 Å². The van der Waals surface area contributed by atoms with E-state index in [-0.39, 0.29) is 17.4 Å². The second kappa shape index (κ2) is 7.76. The molecule has 4 nitrogen and oxygen atoms in total. The Balaban J connectivity index is 1.50. The zero-order chi connectivity index (χ0) is 23.8. The van der Waals surface area contributed by atoms with E-state index in [4.69, 9.17) is 9.72 Å². The first-order valence-corrected chi connectivity index (χ1v) is 12.6. The zero-order valence-corrected chi connectivity index (χ0v) is 19.7. The molecule has 182 valence electrons. The molecule has 34 heavy (non-hydrogen) atoms. The third-order valence-electron chi connectivity index (χ3n) is 8.38. The molecule has 0 radical (unpaired) electrons. The molecule has 0 amide bonds. The summed E-state index contributed by atoms with van der Waals surface area (Å²) in [7, 11) is 0. The van der Waals surface area contributed by atoms with E-state index < -0.39 is 23.9 Å². The highest BCUT2D eigenvalue weighted by Gasteiger charge is 2.48. The van der Waals surface area contributed by atoms with Gasteiger partial charge in [0.2, 0.25) is 0 Å². The van der Waals surface area contributed by atoms with Crippen LogP contribution in [0.2, 0.25) is 0 Å². The first-order valence-electron chi connectivity index (χ1n) is 12.6. The number of nitrogens with zero attached hydrogens (tertiary/aromatic N) is 2. The van der Waals surface area contributed by atoms with Gasteiger partial charge in [-0.2, -0.15) is 13.2 Å². The number of hydrogen-bond acceptors (Lipinski definition) is 4. The summed E-state index contributed by atoms with van der Waals surface area (Å²) in [6.45, 7) is 4.17. The van der Waals surface area contributed by atoms with Gasteiger partial charge in [-0.15, -0.1) is 0 Å². The van der Waals surface area contributed by atoms with E-state index in [2.05, 4.69) is 18.8 Å². The standard InChI is InChI=1S/C27H31F3N2O2/c1-14(2)24-23-22(25(34-24)17-8-7-16(13-31-17)27(28,29)30)20(15-5-6-15)21-18(32-23)11-26(12-19(21)33)9-3-4-10-26/h7-8,13-15,19,24-25,33H,3-6,9-12H2,1-2H3/t19-,24+,25-/m0/s1. The topological polar surface area (TPSA) is 55.2 Å². The van der Waals surface area contributed by atoms with Crippen molar-refractivity contribution in [3.05, 3.63) is 57.7 Å². The number of aliphatic hydroxyl groups excluding tert-OH is 1. The van der Waals surface area contributed by atoms with Crippen molar-refractivity contribution >= 4 is 0 Å². The van der Waals surface area contributed by atoms with Crippen LogP contribution in [0, 0.1) is 11.3 Å². The molecular formula is C27H31F3N2O2. The number of ether oxygens (including phenoxy) is 1. The van der Waals surface area contributed by atoms with Crippen molar-refractivity contribution in [2.75, 3.05) is 0 Å². The lowest BCUT2D eigenvalue weighted by Crippen LogP contribution is -2.31. The van der Waals surface area contributed by atoms with E-state index >= 15 is 0 Å². The summed E-state index contributed by atoms with van der Waals surface area (Å²) in [5, 5.41) is 11.4. The molecule has 1 spiro atoms. The molecule has 2 saturated carbocycles. The van der Waals surface area contributed by atoms with E-state index in [1.807, 2.05) is 0 Å². The van der Waals surface area contributed by atoms with E-state index in [1.165, 1.54) is 18.9 Å². The smallest absolute Gasteiger partial charge is 0.388 e. The van der Waals surface area contributed by atoms with Crippen LogP contribution in [0.5, 0.6) is 0 Å². The number of pyridine rings is 2. The van der Waals surface area contributed by atoms with Gasteiger partial charge in [0.25, 0.3) is 0 Å². The monoisotopic (exact) mass is 472 g/mol. The fraction of sp³-hybridized carbons (Fsp3) is 0.630. The number of aromatic nitrogens is 2. The Kier molecular flexibility index (Phi) is 5.13. The van der Waals surface area contributed by atoms with Gasteiger partial charge in [-0.1, -0.05) is 26.7 Å². The summed E-state index contributed by atoms with van der Waals surface area (Å²) < 4.78 is 45.9. The second-order valence-corrected chi connectivity index (χ2v) is 11.2. The van der Waals surface area contributed by atoms with E-state index in [0.717, 1.165) is 78.9 Å². The van der Waals surface area contributed by atoms with Crippen LogP contribution < -0.4 is 0 Å². The minimum Gasteiger partial charge on any atom is -0.388 e. The summed E-state index contributed by atoms with van der Waals surface area (Å²) in [5.41, 5.74) is 4.86. The van der Waals surface area contributed by atoms with Gasteiger partial charge in [0.05, 0.1) is 23.1 Å². The maximum atomic E-state index is 13.1. The molecule has 3 aliphatic carbocycles. The molecule has 6 rings (SSSR count). The Labute approximate surface area is 198 Å². The molecule has 0 aromatic carbocycles. The lowest BCUT2D eigenvalue weighted by atomic mass is 9.69. The molecule has 0 bridgehead atoms. The quantitative estimate of drug-likeness (QED) is 0.538. The average Bonchev–Trinajstić information content (AvgIpc) is 3.41. The molecule has 4 aliphatic rings. The van der Waals surface area contributed by atoms with Crippen molar-refractivity contribution in [1.29, 1.82) is 0 Å². The van der Waals surface area contributed by atoms with Gasteiger partial charge in [-0.05, 0) is 73.5 Å². The Morgan fingerprint density at radius 1 is 1.09 bits per heavy atom. The maximum absolute atomic E-state index is 13.1. The van der Waals surface area contributed by atoms with Crippen LogP contribution in [0.15, 0.2) is 18.3 Å². The number of alkyl halides is 3. The predicted molar refractivity (Wildman–Crippen MR) is 120 cm³/mol. The van der Waals surface area contributed by atoms with Crippen LogP contribution in [0.1, 0.15) is 122 Å². The molecule has 3 atom stereocenters. The highest BCUT2D eigenvalue weighted by atomic mass is 19.4. The number of aliphatic hydroxyl groups is 1. The van der Waals surface area contributed by atoms with Crippen molar-refractivity contribution in [3.63, 3.8) is 0 Å². The molecular weight excluding hydrogens is 441 g/mol. The van der Waals surface area contributed by atoms with Gasteiger partial charge in [0.15, 0.2) is 0 Å². The third kappa shape index (κ3) is 3.58. The largest absolute Gasteiger partial charge is 0.417 e. The minimum atomic E-state index is -4.43. The van der Waals surface area contributed by atoms with Crippen molar-refractivity contribution in [2.45, 2.75) is 95.6 Å². The minimum absolute atomic E-state index is 0.148. The Bertz CT molecular complexity index is 1100. The summed E-state index contributed by atoms with van der Waals surface area (Å²) in [6, 6.07) is 2.51. The zero-order valence-electron chi connectivity index (χ0n) is 19.7. The highest BCUT2D eigenvalue weighted by molar-refractivity contribution is 5.52. The molecule has 7 heteroatoms. The van der Waals surface area contributed by atoms with E-state index in [1.54, 1.807) is 0 Å². The summed E-state index contributed by atoms with van der Waals surface area (Å²) in [6.07, 6.45) is 3.60. The number of rotatable bonds is 3. The average molecular weight is 473 g/mol. The molecule has 0 unspecified atom stereocenters. The van der Waals surface area contributed by atoms with Gasteiger partial charge < -0.3 is 9.84 Å². The summed E-state index contributed by atoms with van der Waals surface area (Å²) in [4.78, 5) is 9.37. The second-order valence-electron chi connectivity index (χ2n) is 11.2. The summed E-state index contributed by atoms with van der Waals surface area (Å²) >= 11 is 0. The molecule has 1 aliphatic heterocycles. The van der Waals surface area contributed by atoms with Crippen LogP contribution in [0.3, 0.4) is 0 Å². The highest BCUT2D eigenvalue weighted by Crippen LogP contribution is 2.58. The number of fused-ring (bicyclic) bond motifs is 2. The van der Waals surface area contributed by atoms with Crippen molar-refractivity contribution in [1.82, 2.24) is 9.97 Å². The molecule has 0 saturated heterocycles. The lowest BCUT2D eigenvalue weighted by Gasteiger charge is -2.39. The molecule has 1 N–H and O–H groups in total. The summed E-state index contributed by atoms with van der Waals surface area (Å²) in [5.74, 6) is 0.508. The molecule has 2 aromatic heterocycles. The third-order valence-corrected chi connectivity index (χ3v) is 8.38. The van der Waals surface area contributed by atoms with Crippen LogP contribution in [0.4, 0.5) is 13.2 Å². The van der Waals surface area contributed by atoms with Crippen molar-refractivity contribution in [3.8, 4) is 0 Å². The number of halogens is 3. The fourth-order valence-corrected chi connectivity index (χ4v) is 6.66. The lowest BCUT2D eigenvalue weighted by molar-refractivity contribution is -0.137. The molecule has 3 heterocycles. The van der Waals surface area contributed by atoms with Gasteiger partial charge in [0.1, 0.15) is 12.2 Å². The normalized spacial score (nSPS) is 27.9. The first-order chi connectivity index (χ1) is 16.2. The van der Waals surface area contributed by atoms with Gasteiger partial charge in [-0.3, -0.25) is 9.97 Å². The Morgan fingerprint density at radius 3 is 2.41 bits per heavy atom. The van der Waals surface area contributed by atoms with Crippen LogP contribution in [0.25, 0.3) is 0 Å². The van der Waals surface area contributed by atoms with Crippen molar-refractivity contribution < 1.29 is 23.0 Å². The van der Waals surface area contributed by atoms with Crippen LogP contribution in [-0.2, 0) is 17.3 Å². The van der Waals surface area contributed by atoms with E-state index in [0.29, 0.717) is 11.6 Å². The first kappa shape index (κ1) is 22.5.